The molecule has 1 fully saturated rings. The van der Waals surface area contributed by atoms with Crippen molar-refractivity contribution in [2.24, 2.45) is 0 Å². The molecule has 4 rings (SSSR count). The van der Waals surface area contributed by atoms with Crippen molar-refractivity contribution >= 4 is 17.5 Å². The maximum Gasteiger partial charge on any atom is 0.416 e. The number of alkyl halides is 3. The van der Waals surface area contributed by atoms with Crippen molar-refractivity contribution in [1.82, 2.24) is 14.9 Å². The minimum absolute atomic E-state index is 0.236. The summed E-state index contributed by atoms with van der Waals surface area (Å²) >= 11 is 0. The number of benzene rings is 1. The molecule has 172 valence electrons. The first-order chi connectivity index (χ1) is 15.3. The molecule has 1 aromatic heterocycles. The Hall–Kier alpha value is -3.24. The van der Waals surface area contributed by atoms with E-state index in [-0.39, 0.29) is 19.0 Å². The molecule has 2 aliphatic heterocycles. The molecule has 0 aliphatic carbocycles. The van der Waals surface area contributed by atoms with Crippen LogP contribution in [-0.2, 0) is 19.1 Å². The number of ether oxygens (including phenoxy) is 1. The smallest absolute Gasteiger partial charge is 0.416 e. The molecular formula is C21H24F3N5O3. The number of rotatable bonds is 4. The predicted octanol–water partition coefficient (Wildman–Crippen LogP) is 3.26. The monoisotopic (exact) mass is 451 g/mol. The molecule has 0 bridgehead atoms. The van der Waals surface area contributed by atoms with E-state index in [9.17, 15) is 23.1 Å². The summed E-state index contributed by atoms with van der Waals surface area (Å²) in [5.41, 5.74) is 1.73. The lowest BCUT2D eigenvalue weighted by Crippen LogP contribution is -2.49. The summed E-state index contributed by atoms with van der Waals surface area (Å²) in [4.78, 5) is 24.8. The van der Waals surface area contributed by atoms with Crippen molar-refractivity contribution in [2.75, 3.05) is 49.1 Å². The molecule has 0 radical (unpaired) electrons. The highest BCUT2D eigenvalue weighted by atomic mass is 19.4. The zero-order valence-electron chi connectivity index (χ0n) is 17.6. The van der Waals surface area contributed by atoms with Gasteiger partial charge in [-0.15, -0.1) is 0 Å². The van der Waals surface area contributed by atoms with E-state index in [0.29, 0.717) is 56.1 Å². The third-order valence-electron chi connectivity index (χ3n) is 5.84. The van der Waals surface area contributed by atoms with E-state index in [1.807, 2.05) is 16.7 Å². The minimum atomic E-state index is -4.44. The van der Waals surface area contributed by atoms with Crippen molar-refractivity contribution in [2.45, 2.75) is 26.1 Å². The lowest BCUT2D eigenvalue weighted by Gasteiger charge is -2.39. The fourth-order valence-electron chi connectivity index (χ4n) is 4.26. The van der Waals surface area contributed by atoms with Gasteiger partial charge in [0.15, 0.2) is 0 Å². The second kappa shape index (κ2) is 8.71. The second-order valence-corrected chi connectivity index (χ2v) is 7.67. The van der Waals surface area contributed by atoms with Gasteiger partial charge >= 0.3 is 18.3 Å². The predicted molar refractivity (Wildman–Crippen MR) is 111 cm³/mol. The average Bonchev–Trinajstić information content (AvgIpc) is 2.78. The Morgan fingerprint density at radius 3 is 2.34 bits per heavy atom. The van der Waals surface area contributed by atoms with Crippen molar-refractivity contribution in [3.8, 4) is 6.01 Å². The average molecular weight is 451 g/mol. The number of anilines is 2. The number of nitrogens with zero attached hydrogens (tertiary/aromatic N) is 5. The standard InChI is InChI=1S/C21H24F3N5O3/c1-2-32-19-25-11-14(12-26-19)29-6-5-15-16(13-29)18(4-3-17(15)21(22,23)24)27-7-9-28(10-8-27)20(30)31/h3-4,11-12H,2,5-10,13H2,1H3,(H,30,31). The van der Waals surface area contributed by atoms with E-state index in [2.05, 4.69) is 9.97 Å². The minimum Gasteiger partial charge on any atom is -0.465 e. The third-order valence-corrected chi connectivity index (χ3v) is 5.84. The van der Waals surface area contributed by atoms with Crippen molar-refractivity contribution in [3.05, 3.63) is 41.2 Å². The summed E-state index contributed by atoms with van der Waals surface area (Å²) in [6.45, 7) is 4.43. The van der Waals surface area contributed by atoms with Crippen LogP contribution in [0.5, 0.6) is 6.01 Å². The lowest BCUT2D eigenvalue weighted by atomic mass is 9.91. The molecule has 1 aromatic carbocycles. The lowest BCUT2D eigenvalue weighted by molar-refractivity contribution is -0.138. The number of amides is 1. The SMILES string of the molecule is CCOc1ncc(N2CCc3c(C(F)(F)F)ccc(N4CCN(C(=O)O)CC4)c3C2)cn1. The Kier molecular flexibility index (Phi) is 5.98. The fourth-order valence-corrected chi connectivity index (χ4v) is 4.26. The first kappa shape index (κ1) is 22.0. The highest BCUT2D eigenvalue weighted by molar-refractivity contribution is 5.67. The van der Waals surface area contributed by atoms with E-state index in [1.54, 1.807) is 12.4 Å². The molecular weight excluding hydrogens is 427 g/mol. The Labute approximate surface area is 183 Å². The van der Waals surface area contributed by atoms with E-state index in [0.717, 1.165) is 11.8 Å². The van der Waals surface area contributed by atoms with E-state index in [1.165, 1.54) is 11.0 Å². The Morgan fingerprint density at radius 2 is 1.75 bits per heavy atom. The fraction of sp³-hybridized carbons (Fsp3) is 0.476. The number of aromatic nitrogens is 2. The topological polar surface area (TPSA) is 82.0 Å². The molecule has 11 heteroatoms. The molecule has 2 aromatic rings. The molecule has 0 atom stereocenters. The number of carbonyl (C=O) groups is 1. The summed E-state index contributed by atoms with van der Waals surface area (Å²) in [5.74, 6) is 0. The van der Waals surface area contributed by atoms with Gasteiger partial charge in [0.05, 0.1) is 30.3 Å². The molecule has 8 nitrogen and oxygen atoms in total. The van der Waals surface area contributed by atoms with Crippen LogP contribution in [-0.4, -0.2) is 65.4 Å². The maximum atomic E-state index is 13.7. The van der Waals surface area contributed by atoms with E-state index < -0.39 is 17.8 Å². The van der Waals surface area contributed by atoms with Gasteiger partial charge in [0.25, 0.3) is 0 Å². The van der Waals surface area contributed by atoms with Gasteiger partial charge in [0.1, 0.15) is 0 Å². The number of hydrogen-bond donors (Lipinski definition) is 1. The van der Waals surface area contributed by atoms with Crippen LogP contribution in [0.25, 0.3) is 0 Å². The number of halogens is 3. The van der Waals surface area contributed by atoms with Crippen LogP contribution in [0.2, 0.25) is 0 Å². The molecule has 3 heterocycles. The Balaban J connectivity index is 1.65. The second-order valence-electron chi connectivity index (χ2n) is 7.67. The van der Waals surface area contributed by atoms with Crippen LogP contribution >= 0.6 is 0 Å². The number of carboxylic acid groups (broad SMARTS) is 1. The molecule has 0 saturated carbocycles. The summed E-state index contributed by atoms with van der Waals surface area (Å²) < 4.78 is 46.3. The van der Waals surface area contributed by atoms with Crippen molar-refractivity contribution < 1.29 is 27.8 Å². The zero-order valence-corrected chi connectivity index (χ0v) is 17.6. The summed E-state index contributed by atoms with van der Waals surface area (Å²) in [6, 6.07) is 2.91. The van der Waals surface area contributed by atoms with Gasteiger partial charge in [-0.1, -0.05) is 0 Å². The first-order valence-electron chi connectivity index (χ1n) is 10.4. The molecule has 1 N–H and O–H groups in total. The highest BCUT2D eigenvalue weighted by Gasteiger charge is 2.37. The molecule has 1 saturated heterocycles. The van der Waals surface area contributed by atoms with Gasteiger partial charge in [-0.2, -0.15) is 13.2 Å². The van der Waals surface area contributed by atoms with E-state index >= 15 is 0 Å². The van der Waals surface area contributed by atoms with Gasteiger partial charge in [-0.3, -0.25) is 0 Å². The number of hydrogen-bond acceptors (Lipinski definition) is 6. The van der Waals surface area contributed by atoms with E-state index in [4.69, 9.17) is 4.74 Å². The summed E-state index contributed by atoms with van der Waals surface area (Å²) in [5, 5.41) is 9.18. The van der Waals surface area contributed by atoms with Gasteiger partial charge in [-0.25, -0.2) is 14.8 Å². The van der Waals surface area contributed by atoms with Gasteiger partial charge in [0, 0.05) is 45.0 Å². The van der Waals surface area contributed by atoms with Crippen LogP contribution in [0.3, 0.4) is 0 Å². The number of fused-ring (bicyclic) bond motifs is 1. The zero-order chi connectivity index (χ0) is 22.9. The molecule has 2 aliphatic rings. The molecule has 0 unspecified atom stereocenters. The van der Waals surface area contributed by atoms with Gasteiger partial charge in [-0.05, 0) is 36.6 Å². The normalized spacial score (nSPS) is 16.7. The quantitative estimate of drug-likeness (QED) is 0.764. The van der Waals surface area contributed by atoms with Crippen molar-refractivity contribution in [3.63, 3.8) is 0 Å². The van der Waals surface area contributed by atoms with Crippen LogP contribution in [0.1, 0.15) is 23.6 Å². The van der Waals surface area contributed by atoms with Gasteiger partial charge in [0.2, 0.25) is 0 Å². The molecule has 0 spiro atoms. The summed E-state index contributed by atoms with van der Waals surface area (Å²) in [7, 11) is 0. The summed E-state index contributed by atoms with van der Waals surface area (Å²) in [6.07, 6.45) is -1.96. The third kappa shape index (κ3) is 4.37. The maximum absolute atomic E-state index is 13.7. The Bertz CT molecular complexity index is 976. The molecule has 1 amide bonds. The largest absolute Gasteiger partial charge is 0.465 e. The van der Waals surface area contributed by atoms with Gasteiger partial charge < -0.3 is 24.5 Å². The van der Waals surface area contributed by atoms with Crippen LogP contribution in [0.4, 0.5) is 29.3 Å². The number of piperazine rings is 1. The Morgan fingerprint density at radius 1 is 1.06 bits per heavy atom. The van der Waals surface area contributed by atoms with Crippen molar-refractivity contribution in [1.29, 1.82) is 0 Å². The molecule has 32 heavy (non-hydrogen) atoms. The highest BCUT2D eigenvalue weighted by Crippen LogP contribution is 2.40. The van der Waals surface area contributed by atoms with Crippen LogP contribution in [0, 0.1) is 0 Å². The van der Waals surface area contributed by atoms with Crippen LogP contribution in [0.15, 0.2) is 24.5 Å². The first-order valence-corrected chi connectivity index (χ1v) is 10.4. The van der Waals surface area contributed by atoms with Crippen LogP contribution < -0.4 is 14.5 Å².